The van der Waals surface area contributed by atoms with Gasteiger partial charge in [-0.05, 0) is 23.8 Å². The van der Waals surface area contributed by atoms with E-state index in [4.69, 9.17) is 14.2 Å². The zero-order chi connectivity index (χ0) is 17.2. The minimum atomic E-state index is 0.548. The molecule has 2 rings (SSSR count). The van der Waals surface area contributed by atoms with Crippen LogP contribution in [0, 0.1) is 0 Å². The summed E-state index contributed by atoms with van der Waals surface area (Å²) in [6.45, 7) is 0. The number of ether oxygens (including phenoxy) is 3. The van der Waals surface area contributed by atoms with Gasteiger partial charge in [-0.25, -0.2) is 0 Å². The van der Waals surface area contributed by atoms with Gasteiger partial charge in [-0.15, -0.1) is 0 Å². The molecule has 0 atom stereocenters. The number of nitrogens with zero attached hydrogens (tertiary/aromatic N) is 2. The van der Waals surface area contributed by atoms with Crippen LogP contribution in [0.15, 0.2) is 58.7 Å². The van der Waals surface area contributed by atoms with E-state index in [9.17, 15) is 0 Å². The molecule has 0 aliphatic carbocycles. The lowest BCUT2D eigenvalue weighted by atomic mass is 10.2. The van der Waals surface area contributed by atoms with Gasteiger partial charge in [0.05, 0.1) is 27.5 Å². The fourth-order valence-corrected chi connectivity index (χ4v) is 2.07. The van der Waals surface area contributed by atoms with Crippen molar-refractivity contribution in [2.45, 2.75) is 0 Å². The maximum Gasteiger partial charge on any atom is 0.203 e. The molecule has 0 aliphatic rings. The van der Waals surface area contributed by atoms with Gasteiger partial charge in [0.1, 0.15) is 0 Å². The van der Waals surface area contributed by atoms with Gasteiger partial charge < -0.3 is 14.2 Å². The van der Waals surface area contributed by atoms with Crippen molar-refractivity contribution in [2.75, 3.05) is 21.3 Å². The topological polar surface area (TPSA) is 52.4 Å². The number of methoxy groups -OCH3 is 3. The molecule has 0 aliphatic heterocycles. The van der Waals surface area contributed by atoms with Crippen LogP contribution in [0.25, 0.3) is 6.08 Å². The van der Waals surface area contributed by atoms with E-state index < -0.39 is 0 Å². The standard InChI is InChI=1S/C19H20N2O3/c1-22-17-12-16(13-18(23-2)19(17)24-3)14-21-20-11-7-10-15-8-5-4-6-9-15/h4-14H,1-3H3/b10-7?,20-11+,21-14?. The first-order valence-electron chi connectivity index (χ1n) is 7.36. The molecule has 0 aromatic heterocycles. The van der Waals surface area contributed by atoms with E-state index in [0.717, 1.165) is 11.1 Å². The van der Waals surface area contributed by atoms with Crippen molar-refractivity contribution in [3.05, 3.63) is 59.7 Å². The van der Waals surface area contributed by atoms with Gasteiger partial charge in [-0.1, -0.05) is 36.4 Å². The largest absolute Gasteiger partial charge is 0.493 e. The fourth-order valence-electron chi connectivity index (χ4n) is 2.07. The summed E-state index contributed by atoms with van der Waals surface area (Å²) in [6, 6.07) is 13.6. The van der Waals surface area contributed by atoms with Crippen molar-refractivity contribution in [1.29, 1.82) is 0 Å². The SMILES string of the molecule is COc1cc(C=N/N=C/C=Cc2ccccc2)cc(OC)c1OC. The van der Waals surface area contributed by atoms with Crippen LogP contribution in [0.5, 0.6) is 17.2 Å². The molecule has 5 nitrogen and oxygen atoms in total. The van der Waals surface area contributed by atoms with Crippen LogP contribution < -0.4 is 14.2 Å². The van der Waals surface area contributed by atoms with Gasteiger partial charge in [-0.3, -0.25) is 0 Å². The normalized spacial score (nSPS) is 11.5. The lowest BCUT2D eigenvalue weighted by Crippen LogP contribution is -1.96. The van der Waals surface area contributed by atoms with E-state index in [-0.39, 0.29) is 0 Å². The van der Waals surface area contributed by atoms with E-state index in [1.54, 1.807) is 45.9 Å². The Hall–Kier alpha value is -3.08. The van der Waals surface area contributed by atoms with E-state index >= 15 is 0 Å². The molecular formula is C19H20N2O3. The van der Waals surface area contributed by atoms with Gasteiger partial charge in [0.25, 0.3) is 0 Å². The van der Waals surface area contributed by atoms with Crippen LogP contribution in [-0.2, 0) is 0 Å². The van der Waals surface area contributed by atoms with Crippen molar-refractivity contribution >= 4 is 18.5 Å². The molecule has 0 unspecified atom stereocenters. The molecule has 0 saturated carbocycles. The minimum absolute atomic E-state index is 0.548. The predicted octanol–water partition coefficient (Wildman–Crippen LogP) is 3.83. The number of benzene rings is 2. The van der Waals surface area contributed by atoms with Crippen molar-refractivity contribution in [1.82, 2.24) is 0 Å². The molecule has 0 heterocycles. The Balaban J connectivity index is 2.06. The summed E-state index contributed by atoms with van der Waals surface area (Å²) in [6.07, 6.45) is 7.04. The Labute approximate surface area is 141 Å². The summed E-state index contributed by atoms with van der Waals surface area (Å²) in [7, 11) is 4.72. The summed E-state index contributed by atoms with van der Waals surface area (Å²) >= 11 is 0. The molecule has 5 heteroatoms. The average molecular weight is 324 g/mol. The van der Waals surface area contributed by atoms with Crippen molar-refractivity contribution in [2.24, 2.45) is 10.2 Å². The van der Waals surface area contributed by atoms with Crippen molar-refractivity contribution < 1.29 is 14.2 Å². The zero-order valence-corrected chi connectivity index (χ0v) is 14.0. The van der Waals surface area contributed by atoms with Gasteiger partial charge in [0, 0.05) is 11.8 Å². The minimum Gasteiger partial charge on any atom is -0.493 e. The predicted molar refractivity (Wildman–Crippen MR) is 97.7 cm³/mol. The van der Waals surface area contributed by atoms with Gasteiger partial charge >= 0.3 is 0 Å². The quantitative estimate of drug-likeness (QED) is 0.574. The number of rotatable bonds is 7. The third-order valence-electron chi connectivity index (χ3n) is 3.20. The van der Waals surface area contributed by atoms with Crippen LogP contribution in [-0.4, -0.2) is 33.8 Å². The summed E-state index contributed by atoms with van der Waals surface area (Å²) in [4.78, 5) is 0. The first kappa shape index (κ1) is 17.3. The average Bonchev–Trinajstić information content (AvgIpc) is 2.64. The summed E-state index contributed by atoms with van der Waals surface area (Å²) < 4.78 is 15.9. The molecule has 2 aromatic carbocycles. The summed E-state index contributed by atoms with van der Waals surface area (Å²) in [5, 5.41) is 8.00. The Morgan fingerprint density at radius 3 is 2.04 bits per heavy atom. The van der Waals surface area contributed by atoms with Crippen molar-refractivity contribution in [3.63, 3.8) is 0 Å². The fraction of sp³-hybridized carbons (Fsp3) is 0.158. The number of hydrogen-bond donors (Lipinski definition) is 0. The third-order valence-corrected chi connectivity index (χ3v) is 3.20. The van der Waals surface area contributed by atoms with Crippen LogP contribution in [0.4, 0.5) is 0 Å². The van der Waals surface area contributed by atoms with Crippen LogP contribution in [0.2, 0.25) is 0 Å². The molecule has 0 fully saturated rings. The Kier molecular flexibility index (Phi) is 6.58. The van der Waals surface area contributed by atoms with Gasteiger partial charge in [-0.2, -0.15) is 10.2 Å². The van der Waals surface area contributed by atoms with Crippen molar-refractivity contribution in [3.8, 4) is 17.2 Å². The highest BCUT2D eigenvalue weighted by molar-refractivity contribution is 5.83. The molecule has 124 valence electrons. The van der Waals surface area contributed by atoms with E-state index in [1.165, 1.54) is 0 Å². The number of allylic oxidation sites excluding steroid dienone is 1. The smallest absolute Gasteiger partial charge is 0.203 e. The molecule has 0 bridgehead atoms. The second kappa shape index (κ2) is 9.15. The molecular weight excluding hydrogens is 304 g/mol. The lowest BCUT2D eigenvalue weighted by Gasteiger charge is -2.12. The monoisotopic (exact) mass is 324 g/mol. The molecule has 0 saturated heterocycles. The number of hydrogen-bond acceptors (Lipinski definition) is 5. The lowest BCUT2D eigenvalue weighted by molar-refractivity contribution is 0.324. The first-order valence-corrected chi connectivity index (χ1v) is 7.36. The Morgan fingerprint density at radius 2 is 1.46 bits per heavy atom. The maximum atomic E-state index is 5.30. The zero-order valence-electron chi connectivity index (χ0n) is 14.0. The second-order valence-corrected chi connectivity index (χ2v) is 4.74. The highest BCUT2D eigenvalue weighted by atomic mass is 16.5. The highest BCUT2D eigenvalue weighted by Crippen LogP contribution is 2.37. The van der Waals surface area contributed by atoms with Gasteiger partial charge in [0.2, 0.25) is 5.75 Å². The Bertz CT molecular complexity index is 713. The van der Waals surface area contributed by atoms with Crippen LogP contribution in [0.3, 0.4) is 0 Å². The maximum absolute atomic E-state index is 5.30. The molecule has 2 aromatic rings. The molecule has 0 N–H and O–H groups in total. The summed E-state index contributed by atoms with van der Waals surface area (Å²) in [5.74, 6) is 1.70. The molecule has 0 radical (unpaired) electrons. The van der Waals surface area contributed by atoms with Crippen LogP contribution in [0.1, 0.15) is 11.1 Å². The summed E-state index contributed by atoms with van der Waals surface area (Å²) in [5.41, 5.74) is 1.91. The van der Waals surface area contributed by atoms with Crippen LogP contribution >= 0.6 is 0 Å². The molecule has 0 amide bonds. The van der Waals surface area contributed by atoms with E-state index in [0.29, 0.717) is 17.2 Å². The Morgan fingerprint density at radius 1 is 0.792 bits per heavy atom. The molecule has 24 heavy (non-hydrogen) atoms. The highest BCUT2D eigenvalue weighted by Gasteiger charge is 2.12. The van der Waals surface area contributed by atoms with E-state index in [2.05, 4.69) is 10.2 Å². The first-order chi connectivity index (χ1) is 11.8. The second-order valence-electron chi connectivity index (χ2n) is 4.74. The van der Waals surface area contributed by atoms with Gasteiger partial charge in [0.15, 0.2) is 11.5 Å². The molecule has 0 spiro atoms. The third kappa shape index (κ3) is 4.71. The van der Waals surface area contributed by atoms with E-state index in [1.807, 2.05) is 42.5 Å².